The molecule has 0 aliphatic carbocycles. The molecule has 0 spiro atoms. The topological polar surface area (TPSA) is 12.0 Å². The summed E-state index contributed by atoms with van der Waals surface area (Å²) < 4.78 is 0. The van der Waals surface area contributed by atoms with Crippen molar-refractivity contribution in [3.05, 3.63) is 35.4 Å². The van der Waals surface area contributed by atoms with Gasteiger partial charge in [-0.25, -0.2) is 0 Å². The smallest absolute Gasteiger partial charge is 0.0105 e. The Morgan fingerprint density at radius 3 is 2.07 bits per heavy atom. The van der Waals surface area contributed by atoms with Crippen LogP contribution in [-0.4, -0.2) is 12.6 Å². The molecule has 1 nitrogen and oxygen atoms in total. The van der Waals surface area contributed by atoms with Crippen LogP contribution in [0.25, 0.3) is 0 Å². The maximum absolute atomic E-state index is 3.51. The highest BCUT2D eigenvalue weighted by Crippen LogP contribution is 2.08. The summed E-state index contributed by atoms with van der Waals surface area (Å²) in [6, 6.07) is 9.64. The zero-order valence-electron chi connectivity index (χ0n) is 10.2. The van der Waals surface area contributed by atoms with E-state index >= 15 is 0 Å². The van der Waals surface area contributed by atoms with E-state index in [1.54, 1.807) is 0 Å². The van der Waals surface area contributed by atoms with Crippen molar-refractivity contribution in [3.8, 4) is 0 Å². The van der Waals surface area contributed by atoms with Crippen LogP contribution < -0.4 is 5.32 Å². The van der Waals surface area contributed by atoms with Gasteiger partial charge in [-0.15, -0.1) is 0 Å². The number of nitrogens with one attached hydrogen (secondary N) is 1. The fourth-order valence-electron chi connectivity index (χ4n) is 1.85. The first-order valence-corrected chi connectivity index (χ1v) is 6.11. The number of benzene rings is 1. The normalized spacial score (nSPS) is 12.7. The van der Waals surface area contributed by atoms with Gasteiger partial charge in [-0.2, -0.15) is 0 Å². The Morgan fingerprint density at radius 1 is 1.00 bits per heavy atom. The van der Waals surface area contributed by atoms with E-state index in [1.807, 2.05) is 0 Å². The molecule has 0 saturated heterocycles. The molecule has 1 N–H and O–H groups in total. The van der Waals surface area contributed by atoms with E-state index in [0.29, 0.717) is 6.04 Å². The first kappa shape index (κ1) is 12.3. The molecule has 0 aromatic heterocycles. The third-order valence-corrected chi connectivity index (χ3v) is 2.90. The van der Waals surface area contributed by atoms with Gasteiger partial charge in [-0.1, -0.05) is 45.0 Å². The van der Waals surface area contributed by atoms with Crippen molar-refractivity contribution >= 4 is 0 Å². The second-order valence-corrected chi connectivity index (χ2v) is 4.04. The highest BCUT2D eigenvalue weighted by Gasteiger charge is 2.04. The van der Waals surface area contributed by atoms with Crippen molar-refractivity contribution in [1.29, 1.82) is 0 Å². The minimum atomic E-state index is 0.627. The van der Waals surface area contributed by atoms with Crippen LogP contribution in [-0.2, 0) is 12.8 Å². The fraction of sp³-hybridized carbons (Fsp3) is 0.571. The molecule has 1 aromatic carbocycles. The molecular formula is C14H23N. The lowest BCUT2D eigenvalue weighted by Gasteiger charge is -2.15. The Morgan fingerprint density at radius 2 is 1.60 bits per heavy atom. The maximum atomic E-state index is 3.51. The lowest BCUT2D eigenvalue weighted by molar-refractivity contribution is 0.510. The molecule has 0 bridgehead atoms. The predicted molar refractivity (Wildman–Crippen MR) is 67.3 cm³/mol. The van der Waals surface area contributed by atoms with Gasteiger partial charge in [0.1, 0.15) is 0 Å². The summed E-state index contributed by atoms with van der Waals surface area (Å²) in [4.78, 5) is 0. The number of likely N-dealkylation sites (N-methyl/N-ethyl adjacent to an activating group) is 1. The summed E-state index contributed by atoms with van der Waals surface area (Å²) in [5.74, 6) is 0. The highest BCUT2D eigenvalue weighted by molar-refractivity contribution is 5.23. The molecule has 0 fully saturated rings. The molecule has 1 rings (SSSR count). The molecule has 1 heteroatoms. The van der Waals surface area contributed by atoms with Crippen LogP contribution in [0, 0.1) is 0 Å². The molecule has 0 radical (unpaired) electrons. The number of hydrogen-bond acceptors (Lipinski definition) is 1. The van der Waals surface area contributed by atoms with Gasteiger partial charge in [0, 0.05) is 6.04 Å². The zero-order valence-corrected chi connectivity index (χ0v) is 10.2. The van der Waals surface area contributed by atoms with Crippen LogP contribution in [0.5, 0.6) is 0 Å². The van der Waals surface area contributed by atoms with E-state index in [9.17, 15) is 0 Å². The number of hydrogen-bond donors (Lipinski definition) is 1. The van der Waals surface area contributed by atoms with Gasteiger partial charge in [0.15, 0.2) is 0 Å². The first-order valence-electron chi connectivity index (χ1n) is 6.11. The van der Waals surface area contributed by atoms with Crippen molar-refractivity contribution in [2.75, 3.05) is 6.54 Å². The van der Waals surface area contributed by atoms with Crippen LogP contribution in [0.3, 0.4) is 0 Å². The Balaban J connectivity index is 2.55. The summed E-state index contributed by atoms with van der Waals surface area (Å²) in [7, 11) is 0. The van der Waals surface area contributed by atoms with Gasteiger partial charge in [0.2, 0.25) is 0 Å². The van der Waals surface area contributed by atoms with E-state index in [-0.39, 0.29) is 0 Å². The van der Waals surface area contributed by atoms with Crippen molar-refractivity contribution < 1.29 is 0 Å². The van der Waals surface area contributed by atoms with Gasteiger partial charge in [-0.3, -0.25) is 0 Å². The minimum absolute atomic E-state index is 0.627. The lowest BCUT2D eigenvalue weighted by atomic mass is 10.0. The number of aryl methyl sites for hydroxylation is 1. The SMILES string of the molecule is CCNC(CC)Cc1ccc(CC)cc1. The second kappa shape index (κ2) is 6.62. The Hall–Kier alpha value is -0.820. The average Bonchev–Trinajstić information content (AvgIpc) is 2.29. The van der Waals surface area contributed by atoms with Crippen LogP contribution in [0.4, 0.5) is 0 Å². The van der Waals surface area contributed by atoms with Crippen LogP contribution in [0.15, 0.2) is 24.3 Å². The van der Waals surface area contributed by atoms with E-state index in [1.165, 1.54) is 17.5 Å². The Labute approximate surface area is 93.9 Å². The summed E-state index contributed by atoms with van der Waals surface area (Å²) in [6.45, 7) is 7.67. The van der Waals surface area contributed by atoms with Gasteiger partial charge in [0.25, 0.3) is 0 Å². The van der Waals surface area contributed by atoms with E-state index in [0.717, 1.165) is 19.4 Å². The summed E-state index contributed by atoms with van der Waals surface area (Å²) in [6.07, 6.45) is 3.47. The standard InChI is InChI=1S/C14H23N/c1-4-12-7-9-13(10-8-12)11-14(5-2)15-6-3/h7-10,14-15H,4-6,11H2,1-3H3. The summed E-state index contributed by atoms with van der Waals surface area (Å²) in [5, 5.41) is 3.51. The van der Waals surface area contributed by atoms with Crippen LogP contribution in [0.1, 0.15) is 38.3 Å². The molecule has 0 heterocycles. The molecule has 0 amide bonds. The average molecular weight is 205 g/mol. The lowest BCUT2D eigenvalue weighted by Crippen LogP contribution is -2.30. The molecule has 0 aliphatic rings. The molecule has 0 saturated carbocycles. The summed E-state index contributed by atoms with van der Waals surface area (Å²) in [5.41, 5.74) is 2.87. The van der Waals surface area contributed by atoms with Gasteiger partial charge < -0.3 is 5.32 Å². The second-order valence-electron chi connectivity index (χ2n) is 4.04. The largest absolute Gasteiger partial charge is 0.314 e. The van der Waals surface area contributed by atoms with Crippen LogP contribution in [0.2, 0.25) is 0 Å². The third-order valence-electron chi connectivity index (χ3n) is 2.90. The zero-order chi connectivity index (χ0) is 11.1. The molecule has 1 atom stereocenters. The molecular weight excluding hydrogens is 182 g/mol. The highest BCUT2D eigenvalue weighted by atomic mass is 14.9. The molecule has 84 valence electrons. The molecule has 1 unspecified atom stereocenters. The quantitative estimate of drug-likeness (QED) is 0.752. The number of rotatable bonds is 6. The molecule has 0 aliphatic heterocycles. The fourth-order valence-corrected chi connectivity index (χ4v) is 1.85. The van der Waals surface area contributed by atoms with E-state index < -0.39 is 0 Å². The van der Waals surface area contributed by atoms with Gasteiger partial charge in [-0.05, 0) is 36.9 Å². The Kier molecular flexibility index (Phi) is 5.41. The van der Waals surface area contributed by atoms with Crippen LogP contribution >= 0.6 is 0 Å². The van der Waals surface area contributed by atoms with Gasteiger partial charge >= 0.3 is 0 Å². The predicted octanol–water partition coefficient (Wildman–Crippen LogP) is 3.18. The van der Waals surface area contributed by atoms with Crippen molar-refractivity contribution in [3.63, 3.8) is 0 Å². The molecule has 15 heavy (non-hydrogen) atoms. The Bertz CT molecular complexity index is 263. The van der Waals surface area contributed by atoms with E-state index in [4.69, 9.17) is 0 Å². The van der Waals surface area contributed by atoms with Gasteiger partial charge in [0.05, 0.1) is 0 Å². The molecule has 1 aromatic rings. The monoisotopic (exact) mass is 205 g/mol. The van der Waals surface area contributed by atoms with Crippen molar-refractivity contribution in [2.24, 2.45) is 0 Å². The summed E-state index contributed by atoms with van der Waals surface area (Å²) >= 11 is 0. The van der Waals surface area contributed by atoms with Crippen molar-refractivity contribution in [1.82, 2.24) is 5.32 Å². The van der Waals surface area contributed by atoms with Crippen molar-refractivity contribution in [2.45, 2.75) is 46.1 Å². The van der Waals surface area contributed by atoms with E-state index in [2.05, 4.69) is 50.4 Å². The first-order chi connectivity index (χ1) is 7.30. The maximum Gasteiger partial charge on any atom is 0.0105 e. The third kappa shape index (κ3) is 4.05. The minimum Gasteiger partial charge on any atom is -0.314 e.